The highest BCUT2D eigenvalue weighted by atomic mass is 16.5. The molecule has 1 aliphatic rings. The van der Waals surface area contributed by atoms with E-state index in [9.17, 15) is 4.79 Å². The van der Waals surface area contributed by atoms with Gasteiger partial charge in [-0.05, 0) is 0 Å². The van der Waals surface area contributed by atoms with Crippen molar-refractivity contribution in [1.82, 2.24) is 5.32 Å². The number of carbonyl (C=O) groups excluding carboxylic acids is 1. The molecule has 0 aromatic heterocycles. The molecule has 0 saturated carbocycles. The molecule has 1 saturated heterocycles. The Morgan fingerprint density at radius 1 is 1.88 bits per heavy atom. The maximum atomic E-state index is 9.73. The highest BCUT2D eigenvalue weighted by molar-refractivity contribution is 6.12. The average Bonchev–Trinajstić information content (AvgIpc) is 1.79. The summed E-state index contributed by atoms with van der Waals surface area (Å²) < 4.78 is 4.75. The Bertz CT molecular complexity index is 98.0. The topological polar surface area (TPSA) is 38.3 Å². The first-order chi connectivity index (χ1) is 3.84. The smallest absolute Gasteiger partial charge is 0.207 e. The summed E-state index contributed by atoms with van der Waals surface area (Å²) in [4.78, 5) is 9.73. The van der Waals surface area contributed by atoms with Crippen molar-refractivity contribution in [3.05, 3.63) is 0 Å². The zero-order chi connectivity index (χ0) is 5.98. The minimum absolute atomic E-state index is 0.0347. The van der Waals surface area contributed by atoms with E-state index in [1.807, 2.05) is 0 Å². The molecule has 1 heterocycles. The van der Waals surface area contributed by atoms with Crippen molar-refractivity contribution in [3.63, 3.8) is 0 Å². The number of rotatable bonds is 2. The van der Waals surface area contributed by atoms with Crippen LogP contribution in [0.1, 0.15) is 0 Å². The zero-order valence-corrected chi connectivity index (χ0v) is 4.33. The van der Waals surface area contributed by atoms with Crippen molar-refractivity contribution in [1.29, 1.82) is 0 Å². The van der Waals surface area contributed by atoms with Gasteiger partial charge in [0.25, 0.3) is 0 Å². The molecule has 0 unspecified atom stereocenters. The van der Waals surface area contributed by atoms with Crippen LogP contribution in [0.15, 0.2) is 0 Å². The van der Waals surface area contributed by atoms with Gasteiger partial charge in [0.2, 0.25) is 6.41 Å². The largest absolute Gasteiger partial charge is 0.384 e. The van der Waals surface area contributed by atoms with E-state index in [1.54, 1.807) is 0 Å². The highest BCUT2D eigenvalue weighted by Gasteiger charge is 2.25. The number of nitrogens with one attached hydrogen (secondary N) is 1. The molecule has 0 aliphatic carbocycles. The van der Waals surface area contributed by atoms with E-state index in [2.05, 4.69) is 5.32 Å². The van der Waals surface area contributed by atoms with Crippen molar-refractivity contribution in [2.75, 3.05) is 6.61 Å². The van der Waals surface area contributed by atoms with Crippen LogP contribution in [0.25, 0.3) is 0 Å². The number of amides is 1. The summed E-state index contributed by atoms with van der Waals surface area (Å²) in [5.41, 5.74) is 0. The predicted octanol–water partition coefficient (Wildman–Crippen LogP) is -1.37. The number of ether oxygens (including phenoxy) is 1. The fourth-order valence-electron chi connectivity index (χ4n) is 0.534. The Hall–Kier alpha value is -0.505. The first kappa shape index (κ1) is 5.63. The summed E-state index contributed by atoms with van der Waals surface area (Å²) in [6.07, 6.45) is 0.632. The van der Waals surface area contributed by atoms with Crippen LogP contribution < -0.4 is 5.32 Å². The van der Waals surface area contributed by atoms with Crippen LogP contribution in [0.5, 0.6) is 0 Å². The fraction of sp³-hybridized carbons (Fsp3) is 0.750. The monoisotopic (exact) mass is 111 g/mol. The van der Waals surface area contributed by atoms with Crippen LogP contribution in [-0.2, 0) is 9.53 Å². The molecule has 3 nitrogen and oxygen atoms in total. The summed E-state index contributed by atoms with van der Waals surface area (Å²) in [7, 11) is 5.27. The van der Waals surface area contributed by atoms with E-state index in [0.29, 0.717) is 13.0 Å². The maximum Gasteiger partial charge on any atom is 0.207 e. The molecule has 1 N–H and O–H groups in total. The molecule has 0 bridgehead atoms. The maximum absolute atomic E-state index is 9.73. The van der Waals surface area contributed by atoms with Crippen molar-refractivity contribution in [2.24, 2.45) is 0 Å². The zero-order valence-electron chi connectivity index (χ0n) is 4.33. The third-order valence-electron chi connectivity index (χ3n) is 1.15. The minimum atomic E-state index is -0.291. The molecule has 0 spiro atoms. The van der Waals surface area contributed by atoms with Gasteiger partial charge >= 0.3 is 0 Å². The van der Waals surface area contributed by atoms with E-state index in [1.165, 1.54) is 0 Å². The van der Waals surface area contributed by atoms with Crippen LogP contribution >= 0.6 is 0 Å². The Balaban J connectivity index is 2.16. The second-order valence-corrected chi connectivity index (χ2v) is 1.69. The Morgan fingerprint density at radius 3 is 2.75 bits per heavy atom. The molecule has 1 rings (SSSR count). The quantitative estimate of drug-likeness (QED) is 0.352. The molecule has 42 valence electrons. The Morgan fingerprint density at radius 2 is 2.62 bits per heavy atom. The molecule has 4 heteroatoms. The van der Waals surface area contributed by atoms with Crippen LogP contribution in [0.2, 0.25) is 0 Å². The molecule has 1 amide bonds. The van der Waals surface area contributed by atoms with Gasteiger partial charge in [-0.15, -0.1) is 0 Å². The molecular weight excluding hydrogens is 105 g/mol. The van der Waals surface area contributed by atoms with Crippen LogP contribution in [0.4, 0.5) is 0 Å². The molecular formula is C4H6BNO2. The lowest BCUT2D eigenvalue weighted by Crippen LogP contribution is -2.53. The van der Waals surface area contributed by atoms with Crippen LogP contribution in [0, 0.1) is 0 Å². The van der Waals surface area contributed by atoms with Gasteiger partial charge in [-0.3, -0.25) is 4.79 Å². The first-order valence-electron chi connectivity index (χ1n) is 2.41. The van der Waals surface area contributed by atoms with Crippen molar-refractivity contribution >= 4 is 14.3 Å². The first-order valence-corrected chi connectivity index (χ1v) is 2.41. The molecule has 1 aliphatic heterocycles. The van der Waals surface area contributed by atoms with Gasteiger partial charge in [-0.1, -0.05) is 0 Å². The van der Waals surface area contributed by atoms with Crippen LogP contribution in [-0.4, -0.2) is 32.9 Å². The number of carbonyl (C=O) groups is 1. The molecule has 2 atom stereocenters. The lowest BCUT2D eigenvalue weighted by atomic mass is 9.88. The summed E-state index contributed by atoms with van der Waals surface area (Å²) >= 11 is 0. The summed E-state index contributed by atoms with van der Waals surface area (Å²) in [5, 5.41) is 2.50. The molecule has 0 aromatic rings. The van der Waals surface area contributed by atoms with Gasteiger partial charge in [0.1, 0.15) is 7.85 Å². The van der Waals surface area contributed by atoms with Gasteiger partial charge in [0.05, 0.1) is 12.6 Å². The summed E-state index contributed by atoms with van der Waals surface area (Å²) in [5.74, 6) is 0. The SMILES string of the molecule is [B][C@H]1OC[C@H]1NC=O. The second kappa shape index (κ2) is 2.18. The van der Waals surface area contributed by atoms with E-state index >= 15 is 0 Å². The lowest BCUT2D eigenvalue weighted by molar-refractivity contribution is -0.114. The Kier molecular flexibility index (Phi) is 1.53. The summed E-state index contributed by atoms with van der Waals surface area (Å²) in [6, 6.07) is -0.257. The van der Waals surface area contributed by atoms with E-state index in [4.69, 9.17) is 12.6 Å². The second-order valence-electron chi connectivity index (χ2n) is 1.69. The van der Waals surface area contributed by atoms with Gasteiger partial charge in [-0.25, -0.2) is 0 Å². The van der Waals surface area contributed by atoms with E-state index < -0.39 is 0 Å². The third-order valence-corrected chi connectivity index (χ3v) is 1.15. The molecule has 0 aromatic carbocycles. The predicted molar refractivity (Wildman–Crippen MR) is 28.5 cm³/mol. The van der Waals surface area contributed by atoms with Gasteiger partial charge < -0.3 is 10.1 Å². The molecule has 8 heavy (non-hydrogen) atoms. The van der Waals surface area contributed by atoms with E-state index in [0.717, 1.165) is 0 Å². The average molecular weight is 111 g/mol. The minimum Gasteiger partial charge on any atom is -0.384 e. The lowest BCUT2D eigenvalue weighted by Gasteiger charge is -2.33. The normalized spacial score (nSPS) is 35.5. The van der Waals surface area contributed by atoms with Crippen molar-refractivity contribution in [3.8, 4) is 0 Å². The standard InChI is InChI=1S/C4H6BNO2/c5-4-3(1-8-4)6-2-7/h2-4H,1H2,(H,6,7)/t3-,4+/m1/s1. The van der Waals surface area contributed by atoms with Gasteiger partial charge in [0.15, 0.2) is 0 Å². The van der Waals surface area contributed by atoms with Gasteiger partial charge in [-0.2, -0.15) is 0 Å². The number of hydrogen-bond donors (Lipinski definition) is 1. The molecule has 2 radical (unpaired) electrons. The molecule has 1 fully saturated rings. The van der Waals surface area contributed by atoms with Gasteiger partial charge in [0, 0.05) is 6.00 Å². The highest BCUT2D eigenvalue weighted by Crippen LogP contribution is 2.06. The van der Waals surface area contributed by atoms with E-state index in [-0.39, 0.29) is 12.0 Å². The van der Waals surface area contributed by atoms with Crippen LogP contribution in [0.3, 0.4) is 0 Å². The summed E-state index contributed by atoms with van der Waals surface area (Å²) in [6.45, 7) is 0.542. The van der Waals surface area contributed by atoms with Crippen molar-refractivity contribution < 1.29 is 9.53 Å². The third kappa shape index (κ3) is 0.840. The van der Waals surface area contributed by atoms with Crippen molar-refractivity contribution in [2.45, 2.75) is 12.0 Å². The Labute approximate surface area is 48.8 Å². The fourth-order valence-corrected chi connectivity index (χ4v) is 0.534. The number of hydrogen-bond acceptors (Lipinski definition) is 2.